The molecule has 0 fully saturated rings. The molecule has 0 N–H and O–H groups in total. The van der Waals surface area contributed by atoms with E-state index in [1.54, 1.807) is 0 Å². The fourth-order valence-corrected chi connectivity index (χ4v) is 0.791. The second-order valence-electron chi connectivity index (χ2n) is 2.35. The van der Waals surface area contributed by atoms with Crippen LogP contribution in [0.4, 0.5) is 0 Å². The van der Waals surface area contributed by atoms with E-state index in [1.165, 1.54) is 0 Å². The molecular formula is C12H12Mn. The summed E-state index contributed by atoms with van der Waals surface area (Å²) in [6, 6.07) is 10.0. The molecule has 0 atom stereocenters. The molecule has 0 aliphatic heterocycles. The van der Waals surface area contributed by atoms with Crippen molar-refractivity contribution in [2.75, 3.05) is 0 Å². The first-order valence-corrected chi connectivity index (χ1v) is 4.05. The van der Waals surface area contributed by atoms with Crippen molar-refractivity contribution in [3.05, 3.63) is 66.8 Å². The normalized spacial score (nSPS) is 12.3. The second kappa shape index (κ2) is 9.18. The first-order chi connectivity index (χ1) is 6.00. The molecule has 1 aliphatic rings. The van der Waals surface area contributed by atoms with Crippen molar-refractivity contribution in [2.24, 2.45) is 0 Å². The van der Waals surface area contributed by atoms with Crippen LogP contribution < -0.4 is 0 Å². The van der Waals surface area contributed by atoms with Crippen LogP contribution in [0.1, 0.15) is 6.42 Å². The molecular weight excluding hydrogens is 199 g/mol. The Kier molecular flexibility index (Phi) is 8.54. The summed E-state index contributed by atoms with van der Waals surface area (Å²) in [7, 11) is 0. The first kappa shape index (κ1) is 12.1. The van der Waals surface area contributed by atoms with Crippen LogP contribution in [0.25, 0.3) is 0 Å². The summed E-state index contributed by atoms with van der Waals surface area (Å²) in [5.74, 6) is 0. The van der Waals surface area contributed by atoms with E-state index in [9.17, 15) is 0 Å². The van der Waals surface area contributed by atoms with Crippen LogP contribution in [0.2, 0.25) is 0 Å². The van der Waals surface area contributed by atoms with Crippen molar-refractivity contribution < 1.29 is 17.1 Å². The van der Waals surface area contributed by atoms with Crippen LogP contribution in [0, 0.1) is 6.08 Å². The van der Waals surface area contributed by atoms with E-state index in [0.717, 1.165) is 6.42 Å². The zero-order valence-electron chi connectivity index (χ0n) is 7.36. The van der Waals surface area contributed by atoms with Gasteiger partial charge in [-0.1, -0.05) is 18.6 Å². The second-order valence-corrected chi connectivity index (χ2v) is 2.35. The Labute approximate surface area is 90.5 Å². The Morgan fingerprint density at radius 1 is 1.00 bits per heavy atom. The predicted molar refractivity (Wildman–Crippen MR) is 52.7 cm³/mol. The summed E-state index contributed by atoms with van der Waals surface area (Å²) >= 11 is 0. The molecule has 0 aromatic heterocycles. The van der Waals surface area contributed by atoms with Gasteiger partial charge in [-0.05, 0) is 0 Å². The predicted octanol–water partition coefficient (Wildman–Crippen LogP) is 3.26. The van der Waals surface area contributed by atoms with Gasteiger partial charge in [0.2, 0.25) is 0 Å². The molecule has 1 aliphatic carbocycles. The summed E-state index contributed by atoms with van der Waals surface area (Å²) < 4.78 is 0. The monoisotopic (exact) mass is 211 g/mol. The molecule has 1 heteroatoms. The summed E-state index contributed by atoms with van der Waals surface area (Å²) in [6.45, 7) is 0. The van der Waals surface area contributed by atoms with E-state index < -0.39 is 0 Å². The van der Waals surface area contributed by atoms with Crippen molar-refractivity contribution in [1.29, 1.82) is 0 Å². The van der Waals surface area contributed by atoms with E-state index in [-0.39, 0.29) is 17.1 Å². The van der Waals surface area contributed by atoms with Gasteiger partial charge in [0.25, 0.3) is 0 Å². The Morgan fingerprint density at radius 3 is 2.38 bits per heavy atom. The van der Waals surface area contributed by atoms with Gasteiger partial charge in [-0.2, -0.15) is 18.2 Å². The summed E-state index contributed by atoms with van der Waals surface area (Å²) in [5, 5.41) is 0. The van der Waals surface area contributed by atoms with Gasteiger partial charge in [0.1, 0.15) is 0 Å². The third kappa shape index (κ3) is 7.45. The van der Waals surface area contributed by atoms with E-state index in [4.69, 9.17) is 0 Å². The van der Waals surface area contributed by atoms with Gasteiger partial charge < -0.3 is 0 Å². The molecule has 0 nitrogen and oxygen atoms in total. The van der Waals surface area contributed by atoms with Gasteiger partial charge in [0, 0.05) is 0 Å². The molecule has 0 amide bonds. The van der Waals surface area contributed by atoms with Crippen LogP contribution in [-0.4, -0.2) is 0 Å². The molecule has 1 aromatic rings. The average molecular weight is 211 g/mol. The minimum Gasteiger partial charge on any atom is -0.271 e. The van der Waals surface area contributed by atoms with Gasteiger partial charge >= 0.3 is 17.1 Å². The molecule has 1 radical (unpaired) electrons. The smallest absolute Gasteiger partial charge is 0.271 e. The number of hydrogen-bond acceptors (Lipinski definition) is 0. The van der Waals surface area contributed by atoms with Gasteiger partial charge in [-0.25, -0.2) is 24.3 Å². The van der Waals surface area contributed by atoms with Crippen LogP contribution >= 0.6 is 0 Å². The van der Waals surface area contributed by atoms with Crippen molar-refractivity contribution in [3.8, 4) is 0 Å². The van der Waals surface area contributed by atoms with Crippen LogP contribution in [0.3, 0.4) is 0 Å². The first-order valence-electron chi connectivity index (χ1n) is 4.05. The summed E-state index contributed by atoms with van der Waals surface area (Å²) in [6.07, 6.45) is 14.0. The molecule has 2 rings (SSSR count). The van der Waals surface area contributed by atoms with Crippen molar-refractivity contribution in [3.63, 3.8) is 0 Å². The maximum Gasteiger partial charge on any atom is 2.00 e. The third-order valence-corrected chi connectivity index (χ3v) is 1.36. The molecule has 13 heavy (non-hydrogen) atoms. The molecule has 0 bridgehead atoms. The molecule has 1 aromatic carbocycles. The Balaban J connectivity index is 0.000000215. The minimum atomic E-state index is 0. The minimum absolute atomic E-state index is 0. The van der Waals surface area contributed by atoms with Gasteiger partial charge in [0.05, 0.1) is 0 Å². The van der Waals surface area contributed by atoms with Crippen molar-refractivity contribution in [1.82, 2.24) is 0 Å². The molecule has 0 saturated carbocycles. The Hall–Kier alpha value is -0.911. The Morgan fingerprint density at radius 2 is 1.77 bits per heavy atom. The standard InChI is InChI=1S/C7H7.C5H5.Mn/c1-2-4-6-7-5-3-1;1-2-4-5-3-1;/h1-5H,6H2;1-5H;/q2*-1;+2. The van der Waals surface area contributed by atoms with Crippen LogP contribution in [0.15, 0.2) is 60.7 Å². The number of rotatable bonds is 0. The topological polar surface area (TPSA) is 0 Å². The quantitative estimate of drug-likeness (QED) is 0.456. The molecule has 0 unspecified atom stereocenters. The van der Waals surface area contributed by atoms with E-state index in [0.29, 0.717) is 0 Å². The largest absolute Gasteiger partial charge is 2.00 e. The average Bonchev–Trinajstić information content (AvgIpc) is 2.54. The Bertz CT molecular complexity index is 221. The van der Waals surface area contributed by atoms with E-state index in [1.807, 2.05) is 54.6 Å². The summed E-state index contributed by atoms with van der Waals surface area (Å²) in [5.41, 5.74) is 0. The zero-order chi connectivity index (χ0) is 8.49. The van der Waals surface area contributed by atoms with E-state index in [2.05, 4.69) is 12.2 Å². The maximum absolute atomic E-state index is 3.05. The maximum atomic E-state index is 3.05. The van der Waals surface area contributed by atoms with Crippen molar-refractivity contribution in [2.45, 2.75) is 6.42 Å². The molecule has 0 saturated heterocycles. The summed E-state index contributed by atoms with van der Waals surface area (Å²) in [4.78, 5) is 0. The third-order valence-electron chi connectivity index (χ3n) is 1.36. The fourth-order valence-electron chi connectivity index (χ4n) is 0.791. The fraction of sp³-hybridized carbons (Fsp3) is 0.0833. The van der Waals surface area contributed by atoms with Gasteiger partial charge in [-0.3, -0.25) is 6.08 Å². The number of allylic oxidation sites excluding steroid dienone is 6. The molecule has 0 heterocycles. The zero-order valence-corrected chi connectivity index (χ0v) is 8.54. The van der Waals surface area contributed by atoms with E-state index >= 15 is 0 Å². The van der Waals surface area contributed by atoms with Crippen LogP contribution in [0.5, 0.6) is 0 Å². The van der Waals surface area contributed by atoms with Gasteiger partial charge in [0.15, 0.2) is 0 Å². The number of hydrogen-bond donors (Lipinski definition) is 0. The SMILES string of the molecule is [C-]1=CC=CC=CC1.[Mn+2].c1cc[cH-]c1. The van der Waals surface area contributed by atoms with Crippen molar-refractivity contribution >= 4 is 0 Å². The van der Waals surface area contributed by atoms with Crippen LogP contribution in [-0.2, 0) is 17.1 Å². The molecule has 0 spiro atoms. The molecule has 67 valence electrons. The van der Waals surface area contributed by atoms with Gasteiger partial charge in [-0.15, -0.1) is 6.08 Å².